The van der Waals surface area contributed by atoms with Crippen molar-refractivity contribution in [2.24, 2.45) is 0 Å². The molecule has 1 aliphatic heterocycles. The number of carbonyl (C=O) groups is 1. The number of amides is 1. The summed E-state index contributed by atoms with van der Waals surface area (Å²) in [6.45, 7) is 6.81. The van der Waals surface area contributed by atoms with Gasteiger partial charge in [-0.1, -0.05) is 29.5 Å². The van der Waals surface area contributed by atoms with Gasteiger partial charge in [-0.3, -0.25) is 9.36 Å². The number of nitrogens with one attached hydrogen (secondary N) is 1. The minimum absolute atomic E-state index is 0.115. The Labute approximate surface area is 177 Å². The molecule has 2 aromatic heterocycles. The highest BCUT2D eigenvalue weighted by Gasteiger charge is 2.22. The second kappa shape index (κ2) is 8.93. The summed E-state index contributed by atoms with van der Waals surface area (Å²) in [5.41, 5.74) is 3.05. The highest BCUT2D eigenvalue weighted by molar-refractivity contribution is 7.99. The van der Waals surface area contributed by atoms with Crippen molar-refractivity contribution in [3.63, 3.8) is 0 Å². The van der Waals surface area contributed by atoms with Gasteiger partial charge in [0, 0.05) is 18.5 Å². The third-order valence-corrected chi connectivity index (χ3v) is 6.20. The Bertz CT molecular complexity index is 979. The minimum atomic E-state index is -0.115. The number of rotatable bonds is 6. The molecule has 8 nitrogen and oxygen atoms in total. The van der Waals surface area contributed by atoms with Gasteiger partial charge in [0.2, 0.25) is 11.9 Å². The van der Waals surface area contributed by atoms with Crippen LogP contribution in [-0.2, 0) is 9.53 Å². The van der Waals surface area contributed by atoms with Gasteiger partial charge in [-0.15, -0.1) is 21.5 Å². The van der Waals surface area contributed by atoms with E-state index in [1.807, 2.05) is 29.0 Å². The summed E-state index contributed by atoms with van der Waals surface area (Å²) in [4.78, 5) is 18.8. The van der Waals surface area contributed by atoms with Crippen LogP contribution in [0.25, 0.3) is 5.69 Å². The van der Waals surface area contributed by atoms with Gasteiger partial charge in [-0.2, -0.15) is 0 Å². The van der Waals surface area contributed by atoms with Crippen molar-refractivity contribution in [3.8, 4) is 5.69 Å². The number of morpholine rings is 1. The van der Waals surface area contributed by atoms with Crippen molar-refractivity contribution in [3.05, 3.63) is 40.9 Å². The first-order chi connectivity index (χ1) is 14.1. The lowest BCUT2D eigenvalue weighted by Gasteiger charge is -2.27. The van der Waals surface area contributed by atoms with Crippen molar-refractivity contribution >= 4 is 40.1 Å². The molecule has 29 heavy (non-hydrogen) atoms. The Balaban J connectivity index is 1.54. The number of nitrogens with zero attached hydrogens (tertiary/aromatic N) is 5. The maximum atomic E-state index is 12.3. The molecule has 0 spiro atoms. The molecule has 4 rings (SSSR count). The van der Waals surface area contributed by atoms with Gasteiger partial charge >= 0.3 is 0 Å². The molecule has 3 aromatic rings. The molecule has 0 saturated carbocycles. The fourth-order valence-corrected chi connectivity index (χ4v) is 4.39. The van der Waals surface area contributed by atoms with Crippen LogP contribution in [0.2, 0.25) is 0 Å². The standard InChI is InChI=1S/C19H22N6O2S2/c1-13-3-5-15(6-4-13)25-18(24-7-9-27-10-8-24)22-23-19(25)29-12-16(26)21-17-20-14(2)11-28-17/h3-6,11H,7-10,12H2,1-2H3,(H,20,21,26). The molecular weight excluding hydrogens is 408 g/mol. The summed E-state index contributed by atoms with van der Waals surface area (Å²) in [6.07, 6.45) is 0. The average Bonchev–Trinajstić information content (AvgIpc) is 3.34. The van der Waals surface area contributed by atoms with E-state index in [9.17, 15) is 4.79 Å². The Morgan fingerprint density at radius 3 is 2.66 bits per heavy atom. The molecule has 0 bridgehead atoms. The zero-order valence-electron chi connectivity index (χ0n) is 16.3. The predicted octanol–water partition coefficient (Wildman–Crippen LogP) is 2.91. The van der Waals surface area contributed by atoms with Crippen molar-refractivity contribution in [1.82, 2.24) is 19.7 Å². The molecule has 1 aromatic carbocycles. The lowest BCUT2D eigenvalue weighted by molar-refractivity contribution is -0.113. The monoisotopic (exact) mass is 430 g/mol. The third-order valence-electron chi connectivity index (χ3n) is 4.40. The summed E-state index contributed by atoms with van der Waals surface area (Å²) in [7, 11) is 0. The van der Waals surface area contributed by atoms with Crippen molar-refractivity contribution in [1.29, 1.82) is 0 Å². The number of hydrogen-bond donors (Lipinski definition) is 1. The van der Waals surface area contributed by atoms with E-state index in [2.05, 4.69) is 44.5 Å². The highest BCUT2D eigenvalue weighted by atomic mass is 32.2. The summed E-state index contributed by atoms with van der Waals surface area (Å²) < 4.78 is 7.47. The van der Waals surface area contributed by atoms with E-state index >= 15 is 0 Å². The summed E-state index contributed by atoms with van der Waals surface area (Å²) in [5.74, 6) is 0.887. The zero-order chi connectivity index (χ0) is 20.2. The van der Waals surface area contributed by atoms with E-state index in [1.54, 1.807) is 0 Å². The predicted molar refractivity (Wildman–Crippen MR) is 115 cm³/mol. The second-order valence-electron chi connectivity index (χ2n) is 6.68. The van der Waals surface area contributed by atoms with Crippen LogP contribution in [0.3, 0.4) is 0 Å². The Morgan fingerprint density at radius 2 is 1.97 bits per heavy atom. The van der Waals surface area contributed by atoms with Gasteiger partial charge in [0.15, 0.2) is 10.3 Å². The summed E-state index contributed by atoms with van der Waals surface area (Å²) in [5, 5.41) is 14.8. The van der Waals surface area contributed by atoms with Crippen molar-refractivity contribution < 1.29 is 9.53 Å². The molecule has 3 heterocycles. The van der Waals surface area contributed by atoms with Crippen LogP contribution in [0, 0.1) is 13.8 Å². The largest absolute Gasteiger partial charge is 0.378 e. The topological polar surface area (TPSA) is 85.2 Å². The first kappa shape index (κ1) is 19.9. The van der Waals surface area contributed by atoms with Crippen LogP contribution in [0.15, 0.2) is 34.8 Å². The highest BCUT2D eigenvalue weighted by Crippen LogP contribution is 2.27. The molecule has 0 atom stereocenters. The normalized spacial score (nSPS) is 14.2. The molecule has 1 saturated heterocycles. The van der Waals surface area contributed by atoms with E-state index in [-0.39, 0.29) is 11.7 Å². The lowest BCUT2D eigenvalue weighted by Crippen LogP contribution is -2.37. The van der Waals surface area contributed by atoms with Crippen LogP contribution in [-0.4, -0.2) is 57.7 Å². The van der Waals surface area contributed by atoms with Crippen LogP contribution >= 0.6 is 23.1 Å². The van der Waals surface area contributed by atoms with Crippen LogP contribution in [0.5, 0.6) is 0 Å². The average molecular weight is 431 g/mol. The number of ether oxygens (including phenoxy) is 1. The number of thiazole rings is 1. The van der Waals surface area contributed by atoms with E-state index < -0.39 is 0 Å². The number of thioether (sulfide) groups is 1. The SMILES string of the molecule is Cc1ccc(-n2c(SCC(=O)Nc3nc(C)cs3)nnc2N2CCOCC2)cc1. The molecule has 1 amide bonds. The third kappa shape index (κ3) is 4.77. The van der Waals surface area contributed by atoms with Crippen molar-refractivity contribution in [2.45, 2.75) is 19.0 Å². The van der Waals surface area contributed by atoms with E-state index in [0.717, 1.165) is 30.4 Å². The quantitative estimate of drug-likeness (QED) is 0.602. The van der Waals surface area contributed by atoms with Gasteiger partial charge in [-0.25, -0.2) is 4.98 Å². The van der Waals surface area contributed by atoms with Crippen LogP contribution in [0.4, 0.5) is 11.1 Å². The zero-order valence-corrected chi connectivity index (χ0v) is 17.9. The maximum absolute atomic E-state index is 12.3. The molecule has 1 N–H and O–H groups in total. The van der Waals surface area contributed by atoms with Gasteiger partial charge in [0.05, 0.1) is 30.3 Å². The maximum Gasteiger partial charge on any atom is 0.236 e. The Morgan fingerprint density at radius 1 is 1.21 bits per heavy atom. The van der Waals surface area contributed by atoms with Crippen molar-refractivity contribution in [2.75, 3.05) is 42.3 Å². The van der Waals surface area contributed by atoms with Crippen LogP contribution < -0.4 is 10.2 Å². The number of benzene rings is 1. The number of aromatic nitrogens is 4. The second-order valence-corrected chi connectivity index (χ2v) is 8.48. The number of hydrogen-bond acceptors (Lipinski definition) is 8. The number of carbonyl (C=O) groups excluding carboxylic acids is 1. The van der Waals surface area contributed by atoms with Gasteiger partial charge in [0.1, 0.15) is 0 Å². The van der Waals surface area contributed by atoms with E-state index in [4.69, 9.17) is 4.74 Å². The van der Waals surface area contributed by atoms with Crippen LogP contribution in [0.1, 0.15) is 11.3 Å². The number of aryl methyl sites for hydroxylation is 2. The minimum Gasteiger partial charge on any atom is -0.378 e. The Kier molecular flexibility index (Phi) is 6.12. The van der Waals surface area contributed by atoms with E-state index in [1.165, 1.54) is 28.7 Å². The van der Waals surface area contributed by atoms with E-state index in [0.29, 0.717) is 23.5 Å². The smallest absolute Gasteiger partial charge is 0.236 e. The van der Waals surface area contributed by atoms with Gasteiger partial charge in [0.25, 0.3) is 0 Å². The summed E-state index contributed by atoms with van der Waals surface area (Å²) in [6, 6.07) is 8.21. The van der Waals surface area contributed by atoms with Gasteiger partial charge in [-0.05, 0) is 26.0 Å². The molecule has 0 aliphatic carbocycles. The lowest BCUT2D eigenvalue weighted by atomic mass is 10.2. The molecule has 1 fully saturated rings. The molecule has 0 unspecified atom stereocenters. The molecule has 152 valence electrons. The fraction of sp³-hybridized carbons (Fsp3) is 0.368. The first-order valence-corrected chi connectivity index (χ1v) is 11.2. The molecule has 10 heteroatoms. The Hall–Kier alpha value is -2.43. The fourth-order valence-electron chi connectivity index (χ4n) is 2.94. The first-order valence-electron chi connectivity index (χ1n) is 9.30. The summed E-state index contributed by atoms with van der Waals surface area (Å²) >= 11 is 2.78. The molecule has 0 radical (unpaired) electrons. The molecule has 1 aliphatic rings. The molecular formula is C19H22N6O2S2. The number of anilines is 2. The van der Waals surface area contributed by atoms with Gasteiger partial charge < -0.3 is 15.0 Å².